The maximum atomic E-state index is 11.4. The zero-order chi connectivity index (χ0) is 14.6. The highest BCUT2D eigenvalue weighted by Gasteiger charge is 2.27. The molecule has 0 saturated heterocycles. The van der Waals surface area contributed by atoms with E-state index in [2.05, 4.69) is 28.5 Å². The number of rotatable bonds is 7. The number of amides is 1. The van der Waals surface area contributed by atoms with Crippen molar-refractivity contribution < 1.29 is 4.79 Å². The number of thioether (sulfide) groups is 1. The topological polar surface area (TPSA) is 70.9 Å². The number of nitrogens with two attached hydrogens (primary N) is 1. The van der Waals surface area contributed by atoms with E-state index in [0.29, 0.717) is 0 Å². The van der Waals surface area contributed by atoms with Gasteiger partial charge in [-0.2, -0.15) is 0 Å². The van der Waals surface area contributed by atoms with Crippen molar-refractivity contribution in [2.45, 2.75) is 30.3 Å². The number of fused-ring (bicyclic) bond motifs is 1. The predicted octanol–water partition coefficient (Wildman–Crippen LogP) is 2.50. The first kappa shape index (κ1) is 14.9. The van der Waals surface area contributed by atoms with Crippen molar-refractivity contribution in [3.63, 3.8) is 0 Å². The lowest BCUT2D eigenvalue weighted by Crippen LogP contribution is -2.51. The van der Waals surface area contributed by atoms with Crippen LogP contribution in [0, 0.1) is 0 Å². The molecule has 5 heteroatoms. The Kier molecular flexibility index (Phi) is 4.73. The summed E-state index contributed by atoms with van der Waals surface area (Å²) < 4.78 is 0. The Morgan fingerprint density at radius 1 is 1.45 bits per heavy atom. The van der Waals surface area contributed by atoms with E-state index in [1.54, 1.807) is 18.8 Å². The van der Waals surface area contributed by atoms with Crippen LogP contribution in [-0.4, -0.2) is 29.2 Å². The van der Waals surface area contributed by atoms with Crippen molar-refractivity contribution in [2.24, 2.45) is 5.73 Å². The SMILES string of the molecule is CNC(C)(CCCSc1cc2ccccc2[nH]1)C(N)=O. The van der Waals surface area contributed by atoms with Gasteiger partial charge in [0.2, 0.25) is 5.91 Å². The van der Waals surface area contributed by atoms with Crippen LogP contribution in [0.25, 0.3) is 10.9 Å². The third kappa shape index (κ3) is 3.35. The van der Waals surface area contributed by atoms with Crippen LogP contribution >= 0.6 is 11.8 Å². The van der Waals surface area contributed by atoms with Gasteiger partial charge in [-0.1, -0.05) is 18.2 Å². The Bertz CT molecular complexity index is 563. The summed E-state index contributed by atoms with van der Waals surface area (Å²) in [7, 11) is 1.77. The second kappa shape index (κ2) is 6.33. The van der Waals surface area contributed by atoms with E-state index in [1.807, 2.05) is 19.1 Å². The first-order chi connectivity index (χ1) is 9.55. The smallest absolute Gasteiger partial charge is 0.237 e. The third-order valence-electron chi connectivity index (χ3n) is 3.68. The van der Waals surface area contributed by atoms with Crippen LogP contribution in [0.15, 0.2) is 35.4 Å². The molecule has 108 valence electrons. The number of carbonyl (C=O) groups excluding carboxylic acids is 1. The van der Waals surface area contributed by atoms with E-state index in [9.17, 15) is 4.79 Å². The fraction of sp³-hybridized carbons (Fsp3) is 0.400. The summed E-state index contributed by atoms with van der Waals surface area (Å²) in [6.45, 7) is 1.85. The van der Waals surface area contributed by atoms with Gasteiger partial charge in [0.25, 0.3) is 0 Å². The van der Waals surface area contributed by atoms with Gasteiger partial charge in [-0.3, -0.25) is 4.79 Å². The predicted molar refractivity (Wildman–Crippen MR) is 84.9 cm³/mol. The standard InChI is InChI=1S/C15H21N3OS/c1-15(17-2,14(16)19)8-5-9-20-13-10-11-6-3-4-7-12(11)18-13/h3-4,6-7,10,17-18H,5,8-9H2,1-2H3,(H2,16,19). The van der Waals surface area contributed by atoms with Gasteiger partial charge in [-0.25, -0.2) is 0 Å². The molecule has 1 amide bonds. The van der Waals surface area contributed by atoms with E-state index in [4.69, 9.17) is 5.73 Å². The van der Waals surface area contributed by atoms with Gasteiger partial charge in [0.1, 0.15) is 0 Å². The van der Waals surface area contributed by atoms with Crippen molar-refractivity contribution in [1.29, 1.82) is 0 Å². The molecule has 1 heterocycles. The molecule has 1 atom stereocenters. The maximum Gasteiger partial charge on any atom is 0.237 e. The summed E-state index contributed by atoms with van der Waals surface area (Å²) in [4.78, 5) is 14.8. The molecule has 2 rings (SSSR count). The normalized spacial score (nSPS) is 14.3. The Labute approximate surface area is 123 Å². The number of benzene rings is 1. The van der Waals surface area contributed by atoms with Crippen LogP contribution in [0.1, 0.15) is 19.8 Å². The number of H-pyrrole nitrogens is 1. The van der Waals surface area contributed by atoms with Gasteiger partial charge < -0.3 is 16.0 Å². The largest absolute Gasteiger partial charge is 0.368 e. The molecule has 1 aromatic carbocycles. The summed E-state index contributed by atoms with van der Waals surface area (Å²) >= 11 is 1.77. The molecule has 0 spiro atoms. The maximum absolute atomic E-state index is 11.4. The zero-order valence-corrected chi connectivity index (χ0v) is 12.7. The minimum absolute atomic E-state index is 0.296. The summed E-state index contributed by atoms with van der Waals surface area (Å²) in [5, 5.41) is 5.40. The fourth-order valence-corrected chi connectivity index (χ4v) is 3.00. The van der Waals surface area contributed by atoms with Crippen LogP contribution in [0.5, 0.6) is 0 Å². The lowest BCUT2D eigenvalue weighted by atomic mass is 9.96. The molecular weight excluding hydrogens is 270 g/mol. The highest BCUT2D eigenvalue weighted by Crippen LogP contribution is 2.24. The number of hydrogen-bond acceptors (Lipinski definition) is 3. The van der Waals surface area contributed by atoms with Gasteiger partial charge in [0.05, 0.1) is 10.6 Å². The first-order valence-electron chi connectivity index (χ1n) is 6.74. The third-order valence-corrected chi connectivity index (χ3v) is 4.70. The molecule has 0 aliphatic rings. The molecule has 0 radical (unpaired) electrons. The number of para-hydroxylation sites is 1. The monoisotopic (exact) mass is 291 g/mol. The lowest BCUT2D eigenvalue weighted by Gasteiger charge is -2.25. The summed E-state index contributed by atoms with van der Waals surface area (Å²) in [5.74, 6) is 0.660. The highest BCUT2D eigenvalue weighted by molar-refractivity contribution is 7.99. The molecule has 0 fully saturated rings. The van der Waals surface area contributed by atoms with Crippen LogP contribution in [0.3, 0.4) is 0 Å². The Balaban J connectivity index is 1.85. The zero-order valence-electron chi connectivity index (χ0n) is 11.9. The quantitative estimate of drug-likeness (QED) is 0.542. The van der Waals surface area contributed by atoms with Gasteiger partial charge in [-0.05, 0) is 44.7 Å². The van der Waals surface area contributed by atoms with Crippen molar-refractivity contribution in [1.82, 2.24) is 10.3 Å². The molecule has 0 saturated carbocycles. The summed E-state index contributed by atoms with van der Waals surface area (Å²) in [5.41, 5.74) is 5.96. The van der Waals surface area contributed by atoms with Crippen molar-refractivity contribution in [3.8, 4) is 0 Å². The molecule has 0 aliphatic heterocycles. The minimum Gasteiger partial charge on any atom is -0.368 e. The fourth-order valence-electron chi connectivity index (χ4n) is 2.10. The molecule has 1 aromatic heterocycles. The number of likely N-dealkylation sites (N-methyl/N-ethyl adjacent to an activating group) is 1. The lowest BCUT2D eigenvalue weighted by molar-refractivity contribution is -0.123. The van der Waals surface area contributed by atoms with E-state index in [1.165, 1.54) is 5.39 Å². The average Bonchev–Trinajstić information content (AvgIpc) is 2.85. The van der Waals surface area contributed by atoms with Crippen LogP contribution in [-0.2, 0) is 4.79 Å². The number of primary amides is 1. The van der Waals surface area contributed by atoms with Gasteiger partial charge in [0, 0.05) is 10.9 Å². The van der Waals surface area contributed by atoms with Crippen molar-refractivity contribution in [3.05, 3.63) is 30.3 Å². The van der Waals surface area contributed by atoms with E-state index in [0.717, 1.165) is 29.1 Å². The van der Waals surface area contributed by atoms with Crippen LogP contribution in [0.2, 0.25) is 0 Å². The van der Waals surface area contributed by atoms with Crippen molar-refractivity contribution >= 4 is 28.6 Å². The van der Waals surface area contributed by atoms with Crippen LogP contribution in [0.4, 0.5) is 0 Å². The second-order valence-corrected chi connectivity index (χ2v) is 6.26. The van der Waals surface area contributed by atoms with E-state index >= 15 is 0 Å². The van der Waals surface area contributed by atoms with Crippen LogP contribution < -0.4 is 11.1 Å². The molecule has 4 nitrogen and oxygen atoms in total. The van der Waals surface area contributed by atoms with E-state index in [-0.39, 0.29) is 5.91 Å². The Hall–Kier alpha value is -1.46. The van der Waals surface area contributed by atoms with Gasteiger partial charge in [-0.15, -0.1) is 11.8 Å². The number of aromatic nitrogens is 1. The molecule has 1 unspecified atom stereocenters. The number of aromatic amines is 1. The molecule has 20 heavy (non-hydrogen) atoms. The number of carbonyl (C=O) groups is 1. The summed E-state index contributed by atoms with van der Waals surface area (Å²) in [6.07, 6.45) is 1.67. The molecular formula is C15H21N3OS. The first-order valence-corrected chi connectivity index (χ1v) is 7.73. The Morgan fingerprint density at radius 2 is 2.20 bits per heavy atom. The summed E-state index contributed by atoms with van der Waals surface area (Å²) in [6, 6.07) is 10.4. The Morgan fingerprint density at radius 3 is 2.85 bits per heavy atom. The molecule has 0 aliphatic carbocycles. The molecule has 2 aromatic rings. The average molecular weight is 291 g/mol. The van der Waals surface area contributed by atoms with E-state index < -0.39 is 5.54 Å². The van der Waals surface area contributed by atoms with Gasteiger partial charge >= 0.3 is 0 Å². The number of nitrogens with one attached hydrogen (secondary N) is 2. The second-order valence-electron chi connectivity index (χ2n) is 5.12. The number of hydrogen-bond donors (Lipinski definition) is 3. The van der Waals surface area contributed by atoms with Gasteiger partial charge in [0.15, 0.2) is 0 Å². The molecule has 4 N–H and O–H groups in total. The highest BCUT2D eigenvalue weighted by atomic mass is 32.2. The minimum atomic E-state index is -0.610. The van der Waals surface area contributed by atoms with Crippen molar-refractivity contribution in [2.75, 3.05) is 12.8 Å². The molecule has 0 bridgehead atoms.